The lowest BCUT2D eigenvalue weighted by Crippen LogP contribution is -2.20. The van der Waals surface area contributed by atoms with Gasteiger partial charge in [0.1, 0.15) is 17.4 Å². The number of nitriles is 1. The maximum Gasteiger partial charge on any atom is 0.266 e. The van der Waals surface area contributed by atoms with Gasteiger partial charge < -0.3 is 24.8 Å². The molecule has 0 aromatic heterocycles. The number of halogens is 1. The summed E-state index contributed by atoms with van der Waals surface area (Å²) >= 11 is 3.42. The van der Waals surface area contributed by atoms with Crippen LogP contribution in [-0.2, 0) is 9.59 Å². The SMILES string of the molecule is COc1ccc(NC(=O)COc2c(Br)cc(/C=C(/C#N)C(=O)Nc3ccc(C)cc3)cc2OC)cc1. The monoisotopic (exact) mass is 549 g/mol. The number of carbonyl (C=O) groups excluding carboxylic acids is 2. The Bertz CT molecular complexity index is 1310. The van der Waals surface area contributed by atoms with E-state index in [0.717, 1.165) is 5.56 Å². The average Bonchev–Trinajstić information content (AvgIpc) is 2.88. The number of benzene rings is 3. The minimum atomic E-state index is -0.535. The van der Waals surface area contributed by atoms with Crippen molar-refractivity contribution in [3.8, 4) is 23.3 Å². The van der Waals surface area contributed by atoms with E-state index in [-0.39, 0.29) is 18.1 Å². The van der Waals surface area contributed by atoms with Crippen molar-refractivity contribution >= 4 is 45.2 Å². The molecule has 9 heteroatoms. The highest BCUT2D eigenvalue weighted by Crippen LogP contribution is 2.37. The largest absolute Gasteiger partial charge is 0.497 e. The van der Waals surface area contributed by atoms with Gasteiger partial charge in [0.2, 0.25) is 0 Å². The van der Waals surface area contributed by atoms with Crippen molar-refractivity contribution in [2.24, 2.45) is 0 Å². The lowest BCUT2D eigenvalue weighted by atomic mass is 10.1. The van der Waals surface area contributed by atoms with E-state index in [1.807, 2.05) is 25.1 Å². The topological polar surface area (TPSA) is 110 Å². The summed E-state index contributed by atoms with van der Waals surface area (Å²) < 4.78 is 16.7. The van der Waals surface area contributed by atoms with Gasteiger partial charge in [-0.2, -0.15) is 5.26 Å². The molecule has 0 unspecified atom stereocenters. The Kier molecular flexibility index (Phi) is 9.08. The summed E-state index contributed by atoms with van der Waals surface area (Å²) in [5.41, 5.74) is 2.69. The van der Waals surface area contributed by atoms with Crippen LogP contribution in [0.3, 0.4) is 0 Å². The molecule has 8 nitrogen and oxygen atoms in total. The molecule has 3 aromatic rings. The molecule has 0 fully saturated rings. The number of anilines is 2. The number of nitrogens with zero attached hydrogens (tertiary/aromatic N) is 1. The highest BCUT2D eigenvalue weighted by molar-refractivity contribution is 9.10. The number of hydrogen-bond donors (Lipinski definition) is 2. The zero-order valence-corrected chi connectivity index (χ0v) is 21.5. The van der Waals surface area contributed by atoms with Gasteiger partial charge in [-0.1, -0.05) is 17.7 Å². The second-order valence-corrected chi connectivity index (χ2v) is 8.44. The van der Waals surface area contributed by atoms with Gasteiger partial charge in [0.15, 0.2) is 18.1 Å². The average molecular weight is 550 g/mol. The molecule has 36 heavy (non-hydrogen) atoms. The molecule has 3 rings (SSSR count). The summed E-state index contributed by atoms with van der Waals surface area (Å²) in [6, 6.07) is 19.4. The van der Waals surface area contributed by atoms with Crippen molar-refractivity contribution in [3.63, 3.8) is 0 Å². The Hall–Kier alpha value is -4.29. The number of ether oxygens (including phenoxy) is 3. The summed E-state index contributed by atoms with van der Waals surface area (Å²) in [5, 5.41) is 15.0. The van der Waals surface area contributed by atoms with Crippen LogP contribution >= 0.6 is 15.9 Å². The van der Waals surface area contributed by atoms with E-state index in [9.17, 15) is 14.9 Å². The first-order valence-electron chi connectivity index (χ1n) is 10.8. The lowest BCUT2D eigenvalue weighted by Gasteiger charge is -2.14. The third-order valence-electron chi connectivity index (χ3n) is 4.96. The van der Waals surface area contributed by atoms with Crippen molar-refractivity contribution < 1.29 is 23.8 Å². The van der Waals surface area contributed by atoms with Crippen molar-refractivity contribution in [2.45, 2.75) is 6.92 Å². The van der Waals surface area contributed by atoms with Crippen LogP contribution in [0.2, 0.25) is 0 Å². The lowest BCUT2D eigenvalue weighted by molar-refractivity contribution is -0.118. The fourth-order valence-corrected chi connectivity index (χ4v) is 3.70. The fourth-order valence-electron chi connectivity index (χ4n) is 3.12. The van der Waals surface area contributed by atoms with Gasteiger partial charge in [0, 0.05) is 11.4 Å². The summed E-state index contributed by atoms with van der Waals surface area (Å²) in [7, 11) is 3.02. The molecule has 0 atom stereocenters. The van der Waals surface area contributed by atoms with Crippen LogP contribution in [0.5, 0.6) is 17.2 Å². The number of aryl methyl sites for hydroxylation is 1. The van der Waals surface area contributed by atoms with Gasteiger partial charge >= 0.3 is 0 Å². The van der Waals surface area contributed by atoms with E-state index in [2.05, 4.69) is 26.6 Å². The van der Waals surface area contributed by atoms with Crippen LogP contribution in [0.25, 0.3) is 6.08 Å². The number of rotatable bonds is 9. The Labute approximate surface area is 217 Å². The van der Waals surface area contributed by atoms with Gasteiger partial charge in [-0.3, -0.25) is 9.59 Å². The fraction of sp³-hybridized carbons (Fsp3) is 0.148. The molecule has 0 aliphatic rings. The van der Waals surface area contributed by atoms with Gasteiger partial charge in [0.05, 0.1) is 18.7 Å². The smallest absolute Gasteiger partial charge is 0.266 e. The minimum absolute atomic E-state index is 0.0861. The summed E-state index contributed by atoms with van der Waals surface area (Å²) in [4.78, 5) is 24.9. The van der Waals surface area contributed by atoms with Gasteiger partial charge in [-0.05, 0) is 83.0 Å². The van der Waals surface area contributed by atoms with Crippen molar-refractivity contribution in [3.05, 3.63) is 81.8 Å². The quantitative estimate of drug-likeness (QED) is 0.275. The zero-order valence-electron chi connectivity index (χ0n) is 19.9. The van der Waals surface area contributed by atoms with Gasteiger partial charge in [-0.15, -0.1) is 0 Å². The van der Waals surface area contributed by atoms with Crippen LogP contribution < -0.4 is 24.8 Å². The van der Waals surface area contributed by atoms with Crippen molar-refractivity contribution in [1.29, 1.82) is 5.26 Å². The van der Waals surface area contributed by atoms with E-state index in [4.69, 9.17) is 14.2 Å². The van der Waals surface area contributed by atoms with Crippen LogP contribution in [-0.4, -0.2) is 32.6 Å². The van der Waals surface area contributed by atoms with Crippen LogP contribution in [0.4, 0.5) is 11.4 Å². The molecule has 0 saturated heterocycles. The minimum Gasteiger partial charge on any atom is -0.497 e. The Morgan fingerprint density at radius 3 is 2.22 bits per heavy atom. The Morgan fingerprint density at radius 1 is 0.972 bits per heavy atom. The summed E-state index contributed by atoms with van der Waals surface area (Å²) in [6.07, 6.45) is 1.44. The third kappa shape index (κ3) is 7.10. The molecule has 0 heterocycles. The molecular formula is C27H24BrN3O5. The van der Waals surface area contributed by atoms with E-state index in [1.54, 1.807) is 55.6 Å². The molecule has 0 radical (unpaired) electrons. The normalized spacial score (nSPS) is 10.7. The molecule has 0 aliphatic heterocycles. The van der Waals surface area contributed by atoms with Crippen LogP contribution in [0.15, 0.2) is 70.7 Å². The molecule has 0 aliphatic carbocycles. The summed E-state index contributed by atoms with van der Waals surface area (Å²) in [6.45, 7) is 1.68. The Morgan fingerprint density at radius 2 is 1.61 bits per heavy atom. The second kappa shape index (κ2) is 12.4. The highest BCUT2D eigenvalue weighted by atomic mass is 79.9. The molecule has 3 aromatic carbocycles. The van der Waals surface area contributed by atoms with Crippen LogP contribution in [0.1, 0.15) is 11.1 Å². The first-order valence-corrected chi connectivity index (χ1v) is 11.6. The Balaban J connectivity index is 1.71. The standard InChI is InChI=1S/C27H24BrN3O5/c1-17-4-6-21(7-5-17)31-27(33)19(15-29)12-18-13-23(28)26(24(14-18)35-3)36-16-25(32)30-20-8-10-22(34-2)11-9-20/h4-14H,16H2,1-3H3,(H,30,32)(H,31,33)/b19-12-. The third-order valence-corrected chi connectivity index (χ3v) is 5.55. The molecule has 2 N–H and O–H groups in total. The molecule has 0 saturated carbocycles. The number of hydrogen-bond acceptors (Lipinski definition) is 6. The van der Waals surface area contributed by atoms with Crippen molar-refractivity contribution in [2.75, 3.05) is 31.5 Å². The van der Waals surface area contributed by atoms with E-state index >= 15 is 0 Å². The molecule has 0 spiro atoms. The predicted molar refractivity (Wildman–Crippen MR) is 141 cm³/mol. The molecular weight excluding hydrogens is 526 g/mol. The van der Waals surface area contributed by atoms with Gasteiger partial charge in [0.25, 0.3) is 11.8 Å². The van der Waals surface area contributed by atoms with Crippen molar-refractivity contribution in [1.82, 2.24) is 0 Å². The number of nitrogens with one attached hydrogen (secondary N) is 2. The maximum atomic E-state index is 12.6. The molecule has 0 bridgehead atoms. The molecule has 2 amide bonds. The first kappa shape index (κ1) is 26.3. The number of methoxy groups -OCH3 is 2. The second-order valence-electron chi connectivity index (χ2n) is 7.59. The van der Waals surface area contributed by atoms with Gasteiger partial charge in [-0.25, -0.2) is 0 Å². The predicted octanol–water partition coefficient (Wildman–Crippen LogP) is 5.34. The number of amides is 2. The molecule has 184 valence electrons. The van der Waals surface area contributed by atoms with E-state index in [1.165, 1.54) is 13.2 Å². The zero-order chi connectivity index (χ0) is 26.1. The first-order chi connectivity index (χ1) is 17.3. The maximum absolute atomic E-state index is 12.6. The van der Waals surface area contributed by atoms with E-state index in [0.29, 0.717) is 38.7 Å². The summed E-state index contributed by atoms with van der Waals surface area (Å²) in [5.74, 6) is 0.412. The van der Waals surface area contributed by atoms with E-state index < -0.39 is 5.91 Å². The van der Waals surface area contributed by atoms with Crippen LogP contribution in [0, 0.1) is 18.3 Å². The highest BCUT2D eigenvalue weighted by Gasteiger charge is 2.15. The number of carbonyl (C=O) groups is 2.